The van der Waals surface area contributed by atoms with Crippen LogP contribution in [-0.2, 0) is 10.5 Å². The minimum atomic E-state index is -0.641. The normalized spacial score (nSPS) is 18.8. The van der Waals surface area contributed by atoms with Crippen molar-refractivity contribution in [3.63, 3.8) is 0 Å². The molecule has 174 valence electrons. The average molecular weight is 480 g/mol. The second kappa shape index (κ2) is 8.51. The zero-order chi connectivity index (χ0) is 24.0. The smallest absolute Gasteiger partial charge is 0.257 e. The van der Waals surface area contributed by atoms with E-state index < -0.39 is 11.7 Å². The maximum absolute atomic E-state index is 14.0. The molecule has 0 saturated heterocycles. The third-order valence-corrected chi connectivity index (χ3v) is 7.15. The van der Waals surface area contributed by atoms with Crippen molar-refractivity contribution in [3.8, 4) is 0 Å². The monoisotopic (exact) mass is 479 g/mol. The van der Waals surface area contributed by atoms with Gasteiger partial charge >= 0.3 is 0 Å². The van der Waals surface area contributed by atoms with E-state index >= 15 is 0 Å². The molecule has 3 aromatic rings. The van der Waals surface area contributed by atoms with Crippen molar-refractivity contribution >= 4 is 23.4 Å². The van der Waals surface area contributed by atoms with Gasteiger partial charge in [0.2, 0.25) is 0 Å². The summed E-state index contributed by atoms with van der Waals surface area (Å²) in [6.45, 7) is 4.05. The first-order chi connectivity index (χ1) is 16.2. The van der Waals surface area contributed by atoms with E-state index in [2.05, 4.69) is 15.3 Å². The van der Waals surface area contributed by atoms with Crippen molar-refractivity contribution < 1.29 is 13.6 Å². The number of rotatable bonds is 4. The van der Waals surface area contributed by atoms with Gasteiger partial charge in [0.1, 0.15) is 17.5 Å². The lowest BCUT2D eigenvalue weighted by Gasteiger charge is -2.38. The number of hydrogen-bond acceptors (Lipinski definition) is 5. The van der Waals surface area contributed by atoms with E-state index in [1.54, 1.807) is 30.3 Å². The van der Waals surface area contributed by atoms with Crippen molar-refractivity contribution in [1.82, 2.24) is 9.97 Å². The highest BCUT2D eigenvalue weighted by atomic mass is 32.2. The first-order valence-corrected chi connectivity index (χ1v) is 12.0. The van der Waals surface area contributed by atoms with Gasteiger partial charge in [-0.2, -0.15) is 0 Å². The molecule has 1 aliphatic heterocycles. The molecule has 1 aliphatic carbocycles. The Labute approximate surface area is 199 Å². The number of anilines is 1. The number of allylic oxidation sites excluding steroid dienone is 2. The van der Waals surface area contributed by atoms with E-state index in [9.17, 15) is 18.4 Å². The van der Waals surface area contributed by atoms with Gasteiger partial charge in [0.05, 0.1) is 5.56 Å². The first-order valence-electron chi connectivity index (χ1n) is 11.0. The van der Waals surface area contributed by atoms with E-state index in [4.69, 9.17) is 0 Å². The van der Waals surface area contributed by atoms with Gasteiger partial charge in [0.15, 0.2) is 10.9 Å². The minimum absolute atomic E-state index is 0.0314. The standard InChI is InChI=1S/C26H23F2N3O2S/c1-26(2)11-18-21(19(32)12-26)20(14-7-9-16(27)10-8-14)22-23(29-18)30-25(31-24(22)33)34-13-15-5-3-4-6-17(15)28/h3-10,20H,11-13H2,1-2H3,(H2,29,30,31,33)/t20-/m0/s1. The first kappa shape index (κ1) is 22.5. The number of Topliss-reactive ketones (excluding diaryl/α,β-unsaturated/α-hetero) is 1. The molecule has 1 atom stereocenters. The Hall–Kier alpha value is -3.26. The van der Waals surface area contributed by atoms with Crippen LogP contribution in [0.5, 0.6) is 0 Å². The number of carbonyl (C=O) groups is 1. The van der Waals surface area contributed by atoms with Crippen molar-refractivity contribution in [2.24, 2.45) is 5.41 Å². The molecule has 0 unspecified atom stereocenters. The van der Waals surface area contributed by atoms with E-state index in [1.807, 2.05) is 13.8 Å². The number of aromatic nitrogens is 2. The summed E-state index contributed by atoms with van der Waals surface area (Å²) in [6, 6.07) is 12.3. The fourth-order valence-corrected chi connectivity index (χ4v) is 5.56. The lowest BCUT2D eigenvalue weighted by Crippen LogP contribution is -2.37. The quantitative estimate of drug-likeness (QED) is 0.380. The zero-order valence-electron chi connectivity index (χ0n) is 18.7. The molecule has 0 spiro atoms. The van der Waals surface area contributed by atoms with Crippen LogP contribution in [0.3, 0.4) is 0 Å². The number of benzene rings is 2. The minimum Gasteiger partial charge on any atom is -0.343 e. The molecular formula is C26H23F2N3O2S. The lowest BCUT2D eigenvalue weighted by atomic mass is 9.69. The lowest BCUT2D eigenvalue weighted by molar-refractivity contribution is -0.118. The van der Waals surface area contributed by atoms with Gasteiger partial charge in [-0.15, -0.1) is 0 Å². The van der Waals surface area contributed by atoms with E-state index in [-0.39, 0.29) is 22.6 Å². The van der Waals surface area contributed by atoms with Gasteiger partial charge in [0, 0.05) is 29.4 Å². The summed E-state index contributed by atoms with van der Waals surface area (Å²) < 4.78 is 27.7. The number of ketones is 1. The molecule has 8 heteroatoms. The molecule has 5 rings (SSSR count). The molecule has 2 N–H and O–H groups in total. The Morgan fingerprint density at radius 3 is 2.53 bits per heavy atom. The Bertz CT molecular complexity index is 1380. The summed E-state index contributed by atoms with van der Waals surface area (Å²) in [5, 5.41) is 3.60. The Balaban J connectivity index is 1.59. The average Bonchev–Trinajstić information content (AvgIpc) is 2.77. The van der Waals surface area contributed by atoms with Crippen LogP contribution in [0.2, 0.25) is 0 Å². The number of H-pyrrole nitrogens is 1. The highest BCUT2D eigenvalue weighted by Crippen LogP contribution is 2.47. The topological polar surface area (TPSA) is 74.8 Å². The molecule has 0 radical (unpaired) electrons. The van der Waals surface area contributed by atoms with E-state index in [1.165, 1.54) is 30.0 Å². The van der Waals surface area contributed by atoms with Crippen LogP contribution in [0.25, 0.3) is 0 Å². The van der Waals surface area contributed by atoms with Gasteiger partial charge in [-0.05, 0) is 41.2 Å². The van der Waals surface area contributed by atoms with Crippen molar-refractivity contribution in [2.45, 2.75) is 43.5 Å². The van der Waals surface area contributed by atoms with Crippen molar-refractivity contribution in [2.75, 3.05) is 5.32 Å². The number of aromatic amines is 1. The second-order valence-electron chi connectivity index (χ2n) is 9.46. The van der Waals surface area contributed by atoms with E-state index in [0.717, 1.165) is 5.70 Å². The van der Waals surface area contributed by atoms with Crippen LogP contribution in [0, 0.1) is 17.0 Å². The van der Waals surface area contributed by atoms with Crippen molar-refractivity contribution in [3.05, 3.63) is 98.5 Å². The molecule has 5 nitrogen and oxygen atoms in total. The predicted octanol–water partition coefficient (Wildman–Crippen LogP) is 5.54. The number of fused-ring (bicyclic) bond motifs is 1. The summed E-state index contributed by atoms with van der Waals surface area (Å²) in [6.07, 6.45) is 0.986. The van der Waals surface area contributed by atoms with Crippen LogP contribution in [0.4, 0.5) is 14.6 Å². The summed E-state index contributed by atoms with van der Waals surface area (Å²) >= 11 is 1.22. The summed E-state index contributed by atoms with van der Waals surface area (Å²) in [5.74, 6) is -0.709. The van der Waals surface area contributed by atoms with Crippen LogP contribution in [0.15, 0.2) is 69.8 Å². The third-order valence-electron chi connectivity index (χ3n) is 6.23. The summed E-state index contributed by atoms with van der Waals surface area (Å²) in [5.41, 5.74) is 2.15. The summed E-state index contributed by atoms with van der Waals surface area (Å²) in [7, 11) is 0. The third kappa shape index (κ3) is 4.18. The largest absolute Gasteiger partial charge is 0.343 e. The van der Waals surface area contributed by atoms with Gasteiger partial charge < -0.3 is 10.3 Å². The zero-order valence-corrected chi connectivity index (χ0v) is 19.6. The molecule has 0 bridgehead atoms. The Kier molecular flexibility index (Phi) is 5.64. The highest BCUT2D eigenvalue weighted by molar-refractivity contribution is 7.98. The molecule has 2 aliphatic rings. The van der Waals surface area contributed by atoms with Gasteiger partial charge in [-0.3, -0.25) is 9.59 Å². The molecule has 0 fully saturated rings. The van der Waals surface area contributed by atoms with Crippen LogP contribution in [0.1, 0.15) is 49.3 Å². The molecule has 34 heavy (non-hydrogen) atoms. The molecule has 2 aromatic carbocycles. The predicted molar refractivity (Wildman–Crippen MR) is 128 cm³/mol. The molecule has 1 aromatic heterocycles. The van der Waals surface area contributed by atoms with Gasteiger partial charge in [-0.1, -0.05) is 55.9 Å². The van der Waals surface area contributed by atoms with E-state index in [0.29, 0.717) is 51.8 Å². The van der Waals surface area contributed by atoms with Gasteiger partial charge in [0.25, 0.3) is 5.56 Å². The highest BCUT2D eigenvalue weighted by Gasteiger charge is 2.42. The van der Waals surface area contributed by atoms with Gasteiger partial charge in [-0.25, -0.2) is 13.8 Å². The number of carbonyl (C=O) groups excluding carboxylic acids is 1. The number of hydrogen-bond donors (Lipinski definition) is 2. The molecule has 0 saturated carbocycles. The molecule has 2 heterocycles. The number of nitrogens with zero attached hydrogens (tertiary/aromatic N) is 1. The molecule has 0 amide bonds. The SMILES string of the molecule is CC1(C)CC(=O)C2=C(C1)Nc1nc(SCc3ccccc3F)[nH]c(=O)c1[C@H]2c1ccc(F)cc1. The van der Waals surface area contributed by atoms with Crippen molar-refractivity contribution in [1.29, 1.82) is 0 Å². The fraction of sp³-hybridized carbons (Fsp3) is 0.269. The number of nitrogens with one attached hydrogen (secondary N) is 2. The maximum Gasteiger partial charge on any atom is 0.257 e. The Morgan fingerprint density at radius 1 is 1.06 bits per heavy atom. The van der Waals surface area contributed by atoms with Crippen LogP contribution < -0.4 is 10.9 Å². The second-order valence-corrected chi connectivity index (χ2v) is 10.4. The fourth-order valence-electron chi connectivity index (χ4n) is 4.71. The van der Waals surface area contributed by atoms with Crippen LogP contribution >= 0.6 is 11.8 Å². The number of thioether (sulfide) groups is 1. The van der Waals surface area contributed by atoms with Crippen LogP contribution in [-0.4, -0.2) is 15.8 Å². The maximum atomic E-state index is 14.0. The Morgan fingerprint density at radius 2 is 1.79 bits per heavy atom. The number of halogens is 2. The molecular weight excluding hydrogens is 456 g/mol. The summed E-state index contributed by atoms with van der Waals surface area (Å²) in [4.78, 5) is 33.9.